The lowest BCUT2D eigenvalue weighted by Crippen LogP contribution is -2.21. The van der Waals surface area contributed by atoms with Gasteiger partial charge in [-0.15, -0.1) is 0 Å². The van der Waals surface area contributed by atoms with Crippen LogP contribution in [0.1, 0.15) is 19.0 Å². The standard InChI is InChI=1S/C9H15BrN2O3S/c1-3-4-7-8(10)9(13)12(11-7)5-6-16(2,14)15/h11H,3-6H2,1-2H3. The van der Waals surface area contributed by atoms with E-state index in [1.807, 2.05) is 6.92 Å². The average molecular weight is 311 g/mol. The summed E-state index contributed by atoms with van der Waals surface area (Å²) in [6.45, 7) is 2.18. The number of nitrogens with one attached hydrogen (secondary N) is 1. The summed E-state index contributed by atoms with van der Waals surface area (Å²) in [6, 6.07) is 0. The van der Waals surface area contributed by atoms with Gasteiger partial charge in [0.1, 0.15) is 14.3 Å². The van der Waals surface area contributed by atoms with Gasteiger partial charge in [0.2, 0.25) is 0 Å². The zero-order chi connectivity index (χ0) is 12.3. The summed E-state index contributed by atoms with van der Waals surface area (Å²) in [6.07, 6.45) is 2.84. The van der Waals surface area contributed by atoms with Crippen LogP contribution in [0.25, 0.3) is 0 Å². The number of aromatic amines is 1. The lowest BCUT2D eigenvalue weighted by molar-refractivity contribution is 0.579. The molecule has 16 heavy (non-hydrogen) atoms. The monoisotopic (exact) mass is 310 g/mol. The van der Waals surface area contributed by atoms with Gasteiger partial charge in [-0.05, 0) is 22.4 Å². The zero-order valence-electron chi connectivity index (χ0n) is 9.29. The number of hydrogen-bond acceptors (Lipinski definition) is 3. The lowest BCUT2D eigenvalue weighted by atomic mass is 10.3. The minimum atomic E-state index is -3.05. The van der Waals surface area contributed by atoms with Crippen molar-refractivity contribution in [2.75, 3.05) is 12.0 Å². The Bertz CT molecular complexity index is 515. The summed E-state index contributed by atoms with van der Waals surface area (Å²) in [4.78, 5) is 11.7. The molecule has 0 aromatic carbocycles. The Balaban J connectivity index is 2.90. The number of hydrogen-bond donors (Lipinski definition) is 1. The molecule has 0 amide bonds. The maximum atomic E-state index is 11.7. The van der Waals surface area contributed by atoms with E-state index in [1.54, 1.807) is 0 Å². The molecule has 1 rings (SSSR count). The fourth-order valence-electron chi connectivity index (χ4n) is 1.34. The number of rotatable bonds is 5. The number of halogens is 1. The molecule has 0 saturated heterocycles. The zero-order valence-corrected chi connectivity index (χ0v) is 11.7. The van der Waals surface area contributed by atoms with Crippen LogP contribution < -0.4 is 5.56 Å². The predicted octanol–water partition coefficient (Wildman–Crippen LogP) is 0.936. The van der Waals surface area contributed by atoms with Gasteiger partial charge in [-0.1, -0.05) is 13.3 Å². The second kappa shape index (κ2) is 5.18. The third-order valence-corrected chi connectivity index (χ3v) is 3.90. The van der Waals surface area contributed by atoms with Gasteiger partial charge in [0.05, 0.1) is 18.0 Å². The van der Waals surface area contributed by atoms with Crippen molar-refractivity contribution in [3.8, 4) is 0 Å². The van der Waals surface area contributed by atoms with Crippen LogP contribution in [-0.4, -0.2) is 30.2 Å². The van der Waals surface area contributed by atoms with Crippen molar-refractivity contribution in [1.82, 2.24) is 9.78 Å². The Morgan fingerprint density at radius 1 is 1.44 bits per heavy atom. The Morgan fingerprint density at radius 3 is 2.56 bits per heavy atom. The van der Waals surface area contributed by atoms with E-state index < -0.39 is 9.84 Å². The summed E-state index contributed by atoms with van der Waals surface area (Å²) < 4.78 is 23.8. The van der Waals surface area contributed by atoms with Crippen molar-refractivity contribution >= 4 is 25.8 Å². The first-order valence-corrected chi connectivity index (χ1v) is 7.85. The molecule has 0 aliphatic heterocycles. The molecular formula is C9H15BrN2O3S. The van der Waals surface area contributed by atoms with E-state index in [0.29, 0.717) is 4.47 Å². The van der Waals surface area contributed by atoms with E-state index in [4.69, 9.17) is 0 Å². The highest BCUT2D eigenvalue weighted by atomic mass is 79.9. The summed E-state index contributed by atoms with van der Waals surface area (Å²) in [5, 5.41) is 2.92. The molecule has 1 N–H and O–H groups in total. The van der Waals surface area contributed by atoms with E-state index >= 15 is 0 Å². The molecule has 1 aromatic rings. The van der Waals surface area contributed by atoms with E-state index in [2.05, 4.69) is 21.0 Å². The molecule has 7 heteroatoms. The van der Waals surface area contributed by atoms with Crippen molar-refractivity contribution in [2.45, 2.75) is 26.3 Å². The second-order valence-electron chi connectivity index (χ2n) is 3.74. The Morgan fingerprint density at radius 2 is 2.06 bits per heavy atom. The Hall–Kier alpha value is -0.560. The van der Waals surface area contributed by atoms with E-state index in [1.165, 1.54) is 4.68 Å². The molecule has 1 heterocycles. The van der Waals surface area contributed by atoms with E-state index in [9.17, 15) is 13.2 Å². The number of sulfone groups is 1. The predicted molar refractivity (Wildman–Crippen MR) is 66.5 cm³/mol. The average Bonchev–Trinajstić information content (AvgIpc) is 2.43. The molecular weight excluding hydrogens is 296 g/mol. The van der Waals surface area contributed by atoms with Gasteiger partial charge in [-0.25, -0.2) is 8.42 Å². The highest BCUT2D eigenvalue weighted by molar-refractivity contribution is 9.10. The number of aryl methyl sites for hydroxylation is 2. The maximum Gasteiger partial charge on any atom is 0.281 e. The first-order chi connectivity index (χ1) is 7.35. The van der Waals surface area contributed by atoms with Crippen LogP contribution in [0.15, 0.2) is 9.27 Å². The molecule has 0 aliphatic rings. The molecule has 0 fully saturated rings. The van der Waals surface area contributed by atoms with Gasteiger partial charge in [-0.2, -0.15) is 0 Å². The van der Waals surface area contributed by atoms with Crippen molar-refractivity contribution < 1.29 is 8.42 Å². The van der Waals surface area contributed by atoms with Gasteiger partial charge in [-0.3, -0.25) is 14.6 Å². The van der Waals surface area contributed by atoms with E-state index in [-0.39, 0.29) is 17.9 Å². The molecule has 0 bridgehead atoms. The maximum absolute atomic E-state index is 11.7. The second-order valence-corrected chi connectivity index (χ2v) is 6.79. The molecule has 92 valence electrons. The quantitative estimate of drug-likeness (QED) is 0.879. The van der Waals surface area contributed by atoms with Gasteiger partial charge in [0.25, 0.3) is 5.56 Å². The molecule has 0 spiro atoms. The Kier molecular flexibility index (Phi) is 4.37. The summed E-state index contributed by atoms with van der Waals surface area (Å²) in [5.74, 6) is -0.0363. The van der Waals surface area contributed by atoms with Gasteiger partial charge in [0, 0.05) is 6.26 Å². The van der Waals surface area contributed by atoms with Crippen LogP contribution in [0.2, 0.25) is 0 Å². The van der Waals surface area contributed by atoms with Crippen molar-refractivity contribution in [3.05, 3.63) is 20.5 Å². The number of aromatic nitrogens is 2. The van der Waals surface area contributed by atoms with Crippen LogP contribution in [0.4, 0.5) is 0 Å². The fraction of sp³-hybridized carbons (Fsp3) is 0.667. The SMILES string of the molecule is CCCc1[nH]n(CCS(C)(=O)=O)c(=O)c1Br. The highest BCUT2D eigenvalue weighted by Gasteiger charge is 2.12. The van der Waals surface area contributed by atoms with Gasteiger partial charge >= 0.3 is 0 Å². The molecule has 0 aliphatic carbocycles. The third-order valence-electron chi connectivity index (χ3n) is 2.15. The third kappa shape index (κ3) is 3.48. The molecule has 0 radical (unpaired) electrons. The largest absolute Gasteiger partial charge is 0.299 e. The smallest absolute Gasteiger partial charge is 0.281 e. The van der Waals surface area contributed by atoms with Crippen LogP contribution in [0.3, 0.4) is 0 Å². The molecule has 0 atom stereocenters. The van der Waals surface area contributed by atoms with Crippen molar-refractivity contribution in [3.63, 3.8) is 0 Å². The Labute approximate surface area is 103 Å². The highest BCUT2D eigenvalue weighted by Crippen LogP contribution is 2.11. The first-order valence-electron chi connectivity index (χ1n) is 5.00. The molecule has 1 aromatic heterocycles. The lowest BCUT2D eigenvalue weighted by Gasteiger charge is -2.00. The molecule has 0 unspecified atom stereocenters. The van der Waals surface area contributed by atoms with E-state index in [0.717, 1.165) is 24.8 Å². The topological polar surface area (TPSA) is 71.9 Å². The number of H-pyrrole nitrogens is 1. The van der Waals surface area contributed by atoms with Crippen LogP contribution in [-0.2, 0) is 22.8 Å². The van der Waals surface area contributed by atoms with Gasteiger partial charge in [0.15, 0.2) is 0 Å². The van der Waals surface area contributed by atoms with Gasteiger partial charge < -0.3 is 0 Å². The summed E-state index contributed by atoms with van der Waals surface area (Å²) in [5.41, 5.74) is 0.619. The van der Waals surface area contributed by atoms with Crippen molar-refractivity contribution in [1.29, 1.82) is 0 Å². The normalized spacial score (nSPS) is 11.9. The minimum absolute atomic E-state index is 0.0363. The summed E-state index contributed by atoms with van der Waals surface area (Å²) in [7, 11) is -3.05. The fourth-order valence-corrected chi connectivity index (χ4v) is 2.36. The molecule has 5 nitrogen and oxygen atoms in total. The van der Waals surface area contributed by atoms with Crippen LogP contribution in [0, 0.1) is 0 Å². The minimum Gasteiger partial charge on any atom is -0.299 e. The number of nitrogens with zero attached hydrogens (tertiary/aromatic N) is 1. The van der Waals surface area contributed by atoms with Crippen molar-refractivity contribution in [2.24, 2.45) is 0 Å². The molecule has 0 saturated carbocycles. The summed E-state index contributed by atoms with van der Waals surface area (Å²) >= 11 is 3.21. The van der Waals surface area contributed by atoms with Crippen LogP contribution in [0.5, 0.6) is 0 Å². The van der Waals surface area contributed by atoms with Crippen LogP contribution >= 0.6 is 15.9 Å². The first kappa shape index (κ1) is 13.5.